The van der Waals surface area contributed by atoms with Crippen LogP contribution in [0.25, 0.3) is 28.1 Å². The molecule has 0 spiro atoms. The van der Waals surface area contributed by atoms with Gasteiger partial charge in [0.05, 0.1) is 17.2 Å². The SMILES string of the molecule is CCCN(CCC)c1ccc(-c2nc3ccncc3n2-c2ccc(F)cc2)cn1. The first-order valence-electron chi connectivity index (χ1n) is 10.0. The summed E-state index contributed by atoms with van der Waals surface area (Å²) in [6.45, 7) is 6.33. The van der Waals surface area contributed by atoms with Crippen LogP contribution in [0.15, 0.2) is 61.1 Å². The van der Waals surface area contributed by atoms with E-state index in [4.69, 9.17) is 9.97 Å². The Bertz CT molecular complexity index is 1080. The van der Waals surface area contributed by atoms with Gasteiger partial charge in [0.2, 0.25) is 0 Å². The molecule has 4 aromatic rings. The Labute approximate surface area is 169 Å². The van der Waals surface area contributed by atoms with Gasteiger partial charge in [-0.25, -0.2) is 14.4 Å². The van der Waals surface area contributed by atoms with Gasteiger partial charge in [0.1, 0.15) is 17.5 Å². The molecule has 29 heavy (non-hydrogen) atoms. The highest BCUT2D eigenvalue weighted by atomic mass is 19.1. The first-order valence-corrected chi connectivity index (χ1v) is 10.0. The van der Waals surface area contributed by atoms with E-state index in [9.17, 15) is 4.39 Å². The molecule has 0 radical (unpaired) electrons. The molecule has 0 saturated carbocycles. The average molecular weight is 389 g/mol. The van der Waals surface area contributed by atoms with E-state index in [1.54, 1.807) is 24.5 Å². The molecule has 148 valence electrons. The molecule has 5 nitrogen and oxygen atoms in total. The monoisotopic (exact) mass is 389 g/mol. The number of imidazole rings is 1. The smallest absolute Gasteiger partial charge is 0.147 e. The van der Waals surface area contributed by atoms with Gasteiger partial charge in [0, 0.05) is 36.7 Å². The standard InChI is InChI=1S/C23H24FN5/c1-3-13-28(14-4-2)22-10-5-17(15-26-22)23-27-20-11-12-25-16-21(20)29(23)19-8-6-18(24)7-9-19/h5-12,15-16H,3-4,13-14H2,1-2H3. The van der Waals surface area contributed by atoms with Gasteiger partial charge in [-0.15, -0.1) is 0 Å². The summed E-state index contributed by atoms with van der Waals surface area (Å²) in [5.41, 5.74) is 3.44. The Hall–Kier alpha value is -3.28. The fourth-order valence-electron chi connectivity index (χ4n) is 3.56. The summed E-state index contributed by atoms with van der Waals surface area (Å²) < 4.78 is 15.5. The molecular weight excluding hydrogens is 365 g/mol. The van der Waals surface area contributed by atoms with Crippen molar-refractivity contribution in [1.29, 1.82) is 0 Å². The van der Waals surface area contributed by atoms with Gasteiger partial charge < -0.3 is 4.90 Å². The summed E-state index contributed by atoms with van der Waals surface area (Å²) in [4.78, 5) is 16.1. The molecule has 6 heteroatoms. The second kappa shape index (κ2) is 8.39. The minimum atomic E-state index is -0.268. The van der Waals surface area contributed by atoms with E-state index in [1.165, 1.54) is 12.1 Å². The van der Waals surface area contributed by atoms with Gasteiger partial charge in [-0.3, -0.25) is 9.55 Å². The number of rotatable bonds is 7. The minimum Gasteiger partial charge on any atom is -0.357 e. The minimum absolute atomic E-state index is 0.268. The van der Waals surface area contributed by atoms with Gasteiger partial charge >= 0.3 is 0 Å². The third kappa shape index (κ3) is 3.83. The molecule has 3 aromatic heterocycles. The van der Waals surface area contributed by atoms with Crippen molar-refractivity contribution < 1.29 is 4.39 Å². The van der Waals surface area contributed by atoms with Crippen LogP contribution in [0.1, 0.15) is 26.7 Å². The molecule has 3 heterocycles. The number of fused-ring (bicyclic) bond motifs is 1. The van der Waals surface area contributed by atoms with Crippen molar-refractivity contribution in [1.82, 2.24) is 19.5 Å². The Morgan fingerprint density at radius 2 is 1.69 bits per heavy atom. The fourth-order valence-corrected chi connectivity index (χ4v) is 3.56. The second-order valence-electron chi connectivity index (χ2n) is 7.00. The predicted octanol–water partition coefficient (Wildman–Crippen LogP) is 5.25. The van der Waals surface area contributed by atoms with Crippen LogP contribution in [0.2, 0.25) is 0 Å². The lowest BCUT2D eigenvalue weighted by molar-refractivity contribution is 0.627. The fraction of sp³-hybridized carbons (Fsp3) is 0.261. The summed E-state index contributed by atoms with van der Waals surface area (Å²) in [6.07, 6.45) is 7.53. The van der Waals surface area contributed by atoms with Gasteiger partial charge in [-0.1, -0.05) is 13.8 Å². The Morgan fingerprint density at radius 1 is 0.931 bits per heavy atom. The van der Waals surface area contributed by atoms with Gasteiger partial charge in [-0.2, -0.15) is 0 Å². The third-order valence-electron chi connectivity index (χ3n) is 4.86. The lowest BCUT2D eigenvalue weighted by Gasteiger charge is -2.22. The molecule has 0 fully saturated rings. The van der Waals surface area contributed by atoms with Gasteiger partial charge in [0.25, 0.3) is 0 Å². The Morgan fingerprint density at radius 3 is 2.34 bits per heavy atom. The molecule has 0 N–H and O–H groups in total. The van der Waals surface area contributed by atoms with Crippen molar-refractivity contribution in [3.63, 3.8) is 0 Å². The number of hydrogen-bond acceptors (Lipinski definition) is 4. The van der Waals surface area contributed by atoms with Crippen LogP contribution in [0, 0.1) is 5.82 Å². The molecule has 1 aromatic carbocycles. The number of pyridine rings is 2. The lowest BCUT2D eigenvalue weighted by Crippen LogP contribution is -2.25. The first kappa shape index (κ1) is 19.1. The van der Waals surface area contributed by atoms with Crippen LogP contribution in [-0.2, 0) is 0 Å². The lowest BCUT2D eigenvalue weighted by atomic mass is 10.2. The molecule has 0 amide bonds. The molecule has 0 unspecified atom stereocenters. The van der Waals surface area contributed by atoms with Crippen LogP contribution in [0.4, 0.5) is 10.2 Å². The maximum absolute atomic E-state index is 13.5. The van der Waals surface area contributed by atoms with Crippen LogP contribution < -0.4 is 4.90 Å². The molecule has 4 rings (SSSR count). The van der Waals surface area contributed by atoms with Crippen molar-refractivity contribution in [2.24, 2.45) is 0 Å². The topological polar surface area (TPSA) is 46.8 Å². The van der Waals surface area contributed by atoms with Crippen LogP contribution in [0.3, 0.4) is 0 Å². The first-order chi connectivity index (χ1) is 14.2. The number of aromatic nitrogens is 4. The van der Waals surface area contributed by atoms with Crippen molar-refractivity contribution >= 4 is 16.9 Å². The molecule has 0 saturated heterocycles. The largest absolute Gasteiger partial charge is 0.357 e. The maximum atomic E-state index is 13.5. The molecule has 0 aliphatic carbocycles. The quantitative estimate of drug-likeness (QED) is 0.433. The Balaban J connectivity index is 1.79. The van der Waals surface area contributed by atoms with Crippen LogP contribution in [-0.4, -0.2) is 32.6 Å². The van der Waals surface area contributed by atoms with Crippen molar-refractivity contribution in [2.45, 2.75) is 26.7 Å². The zero-order valence-electron chi connectivity index (χ0n) is 16.7. The van der Waals surface area contributed by atoms with E-state index in [2.05, 4.69) is 29.8 Å². The average Bonchev–Trinajstić information content (AvgIpc) is 3.14. The van der Waals surface area contributed by atoms with Crippen molar-refractivity contribution in [3.8, 4) is 17.1 Å². The zero-order chi connectivity index (χ0) is 20.2. The van der Waals surface area contributed by atoms with Gasteiger partial charge in [0.15, 0.2) is 0 Å². The molecule has 0 bridgehead atoms. The van der Waals surface area contributed by atoms with E-state index in [-0.39, 0.29) is 5.82 Å². The maximum Gasteiger partial charge on any atom is 0.147 e. The number of nitrogens with zero attached hydrogens (tertiary/aromatic N) is 5. The number of anilines is 1. The van der Waals surface area contributed by atoms with E-state index in [0.29, 0.717) is 0 Å². The van der Waals surface area contributed by atoms with E-state index in [1.807, 2.05) is 22.9 Å². The second-order valence-corrected chi connectivity index (χ2v) is 7.00. The Kier molecular flexibility index (Phi) is 5.51. The van der Waals surface area contributed by atoms with Crippen molar-refractivity contribution in [3.05, 3.63) is 66.9 Å². The zero-order valence-corrected chi connectivity index (χ0v) is 16.7. The highest BCUT2D eigenvalue weighted by Gasteiger charge is 2.15. The number of hydrogen-bond donors (Lipinski definition) is 0. The van der Waals surface area contributed by atoms with Gasteiger partial charge in [-0.05, 0) is 55.3 Å². The van der Waals surface area contributed by atoms with Crippen molar-refractivity contribution in [2.75, 3.05) is 18.0 Å². The van der Waals surface area contributed by atoms with E-state index < -0.39 is 0 Å². The third-order valence-corrected chi connectivity index (χ3v) is 4.86. The summed E-state index contributed by atoms with van der Waals surface area (Å²) in [6, 6.07) is 12.4. The predicted molar refractivity (Wildman–Crippen MR) is 115 cm³/mol. The normalized spacial score (nSPS) is 11.1. The highest BCUT2D eigenvalue weighted by Crippen LogP contribution is 2.28. The summed E-state index contributed by atoms with van der Waals surface area (Å²) >= 11 is 0. The summed E-state index contributed by atoms with van der Waals surface area (Å²) in [5.74, 6) is 1.47. The molecule has 0 atom stereocenters. The van der Waals surface area contributed by atoms with E-state index in [0.717, 1.165) is 59.9 Å². The highest BCUT2D eigenvalue weighted by molar-refractivity contribution is 5.82. The van der Waals surface area contributed by atoms with E-state index >= 15 is 0 Å². The molecule has 0 aliphatic heterocycles. The summed E-state index contributed by atoms with van der Waals surface area (Å²) in [5, 5.41) is 0. The molecule has 0 aliphatic rings. The van der Waals surface area contributed by atoms with Crippen LogP contribution >= 0.6 is 0 Å². The number of benzene rings is 1. The molecular formula is C23H24FN5. The van der Waals surface area contributed by atoms with Crippen LogP contribution in [0.5, 0.6) is 0 Å². The number of halogens is 1. The summed E-state index contributed by atoms with van der Waals surface area (Å²) in [7, 11) is 0.